The number of nitrogens with one attached hydrogen (secondary N) is 1. The standard InChI is InChI=1S/C18H21NO3/c1-3-7-14-13(2)15-8-4-5-9-16(15)17(14)12-22-18(21)19-10-6-11-20/h3-5,7-9,11,17H,6,10,12H2,1-2H3,(H,19,21)/b7-3-. The summed E-state index contributed by atoms with van der Waals surface area (Å²) in [5.41, 5.74) is 4.81. The topological polar surface area (TPSA) is 55.4 Å². The number of carbonyl (C=O) groups excluding carboxylic acids is 2. The molecular formula is C18H21NO3. The maximum Gasteiger partial charge on any atom is 0.407 e. The van der Waals surface area contributed by atoms with Crippen molar-refractivity contribution in [2.45, 2.75) is 26.2 Å². The summed E-state index contributed by atoms with van der Waals surface area (Å²) < 4.78 is 5.32. The quantitative estimate of drug-likeness (QED) is 0.646. The molecule has 0 fully saturated rings. The number of alkyl carbamates (subject to hydrolysis) is 1. The molecule has 2 rings (SSSR count). The molecule has 0 heterocycles. The fourth-order valence-corrected chi connectivity index (χ4v) is 2.77. The monoisotopic (exact) mass is 299 g/mol. The van der Waals surface area contributed by atoms with Crippen LogP contribution < -0.4 is 5.32 Å². The fourth-order valence-electron chi connectivity index (χ4n) is 2.77. The van der Waals surface area contributed by atoms with Gasteiger partial charge in [0.2, 0.25) is 0 Å². The minimum absolute atomic E-state index is 0.0595. The van der Waals surface area contributed by atoms with Crippen LogP contribution in [0.4, 0.5) is 4.79 Å². The molecule has 0 saturated carbocycles. The number of rotatable bonds is 6. The second kappa shape index (κ2) is 7.59. The predicted molar refractivity (Wildman–Crippen MR) is 86.6 cm³/mol. The number of ether oxygens (including phenoxy) is 1. The van der Waals surface area contributed by atoms with Gasteiger partial charge in [-0.1, -0.05) is 36.4 Å². The van der Waals surface area contributed by atoms with Crippen molar-refractivity contribution in [3.05, 3.63) is 53.1 Å². The zero-order chi connectivity index (χ0) is 15.9. The highest BCUT2D eigenvalue weighted by Gasteiger charge is 2.28. The first-order chi connectivity index (χ1) is 10.7. The van der Waals surface area contributed by atoms with E-state index in [0.29, 0.717) is 19.6 Å². The van der Waals surface area contributed by atoms with Crippen molar-refractivity contribution in [3.63, 3.8) is 0 Å². The molecule has 116 valence electrons. The molecule has 4 nitrogen and oxygen atoms in total. The van der Waals surface area contributed by atoms with Crippen LogP contribution in [0, 0.1) is 0 Å². The fraction of sp³-hybridized carbons (Fsp3) is 0.333. The second-order valence-corrected chi connectivity index (χ2v) is 5.20. The number of hydrogen-bond donors (Lipinski definition) is 1. The number of aldehydes is 1. The lowest BCUT2D eigenvalue weighted by Crippen LogP contribution is -2.27. The molecule has 1 aliphatic rings. The molecule has 1 unspecified atom stereocenters. The molecule has 0 radical (unpaired) electrons. The Hall–Kier alpha value is -2.36. The van der Waals surface area contributed by atoms with E-state index in [4.69, 9.17) is 4.74 Å². The lowest BCUT2D eigenvalue weighted by Gasteiger charge is -2.15. The molecular weight excluding hydrogens is 278 g/mol. The van der Waals surface area contributed by atoms with Gasteiger partial charge in [0.05, 0.1) is 0 Å². The van der Waals surface area contributed by atoms with Gasteiger partial charge in [0.1, 0.15) is 12.9 Å². The van der Waals surface area contributed by atoms with Crippen molar-refractivity contribution >= 4 is 18.0 Å². The van der Waals surface area contributed by atoms with Gasteiger partial charge in [-0.05, 0) is 36.1 Å². The zero-order valence-corrected chi connectivity index (χ0v) is 13.0. The molecule has 4 heteroatoms. The average Bonchev–Trinajstić information content (AvgIpc) is 2.79. The summed E-state index contributed by atoms with van der Waals surface area (Å²) in [6.07, 6.45) is 4.66. The van der Waals surface area contributed by atoms with Crippen molar-refractivity contribution < 1.29 is 14.3 Å². The molecule has 1 aromatic rings. The summed E-state index contributed by atoms with van der Waals surface area (Å²) in [7, 11) is 0. The normalized spacial score (nSPS) is 16.7. The van der Waals surface area contributed by atoms with Gasteiger partial charge in [-0.3, -0.25) is 0 Å². The van der Waals surface area contributed by atoms with Gasteiger partial charge in [0.25, 0.3) is 0 Å². The third-order valence-corrected chi connectivity index (χ3v) is 3.81. The molecule has 1 aromatic carbocycles. The van der Waals surface area contributed by atoms with E-state index in [9.17, 15) is 9.59 Å². The summed E-state index contributed by atoms with van der Waals surface area (Å²) in [4.78, 5) is 21.9. The van der Waals surface area contributed by atoms with Gasteiger partial charge in [-0.15, -0.1) is 0 Å². The van der Waals surface area contributed by atoms with Crippen molar-refractivity contribution in [2.24, 2.45) is 0 Å². The second-order valence-electron chi connectivity index (χ2n) is 5.20. The van der Waals surface area contributed by atoms with Crippen molar-refractivity contribution in [1.82, 2.24) is 5.32 Å². The first-order valence-electron chi connectivity index (χ1n) is 7.46. The molecule has 0 aliphatic heterocycles. The molecule has 0 bridgehead atoms. The molecule has 0 spiro atoms. The van der Waals surface area contributed by atoms with E-state index >= 15 is 0 Å². The maximum atomic E-state index is 11.6. The van der Waals surface area contributed by atoms with E-state index < -0.39 is 6.09 Å². The van der Waals surface area contributed by atoms with Crippen molar-refractivity contribution in [1.29, 1.82) is 0 Å². The van der Waals surface area contributed by atoms with Gasteiger partial charge in [0.15, 0.2) is 0 Å². The number of hydrogen-bond acceptors (Lipinski definition) is 3. The Balaban J connectivity index is 2.08. The van der Waals surface area contributed by atoms with Crippen LogP contribution in [0.3, 0.4) is 0 Å². The molecule has 0 aromatic heterocycles. The highest BCUT2D eigenvalue weighted by molar-refractivity contribution is 5.79. The zero-order valence-electron chi connectivity index (χ0n) is 13.0. The van der Waals surface area contributed by atoms with Crippen LogP contribution in [-0.4, -0.2) is 25.5 Å². The van der Waals surface area contributed by atoms with Crippen LogP contribution in [0.1, 0.15) is 37.3 Å². The Bertz CT molecular complexity index is 617. The molecule has 1 N–H and O–H groups in total. The van der Waals surface area contributed by atoms with Crippen LogP contribution in [0.15, 0.2) is 42.0 Å². The molecule has 1 amide bonds. The Morgan fingerprint density at radius 1 is 1.36 bits per heavy atom. The van der Waals surface area contributed by atoms with E-state index in [1.54, 1.807) is 0 Å². The number of allylic oxidation sites excluding steroid dienone is 3. The third kappa shape index (κ3) is 3.45. The number of carbonyl (C=O) groups is 2. The van der Waals surface area contributed by atoms with E-state index in [1.807, 2.05) is 25.1 Å². The van der Waals surface area contributed by atoms with E-state index in [1.165, 1.54) is 22.3 Å². The molecule has 1 aliphatic carbocycles. The Kier molecular flexibility index (Phi) is 5.53. The molecule has 1 atom stereocenters. The highest BCUT2D eigenvalue weighted by Crippen LogP contribution is 2.42. The number of benzene rings is 1. The number of fused-ring (bicyclic) bond motifs is 1. The molecule has 0 saturated heterocycles. The van der Waals surface area contributed by atoms with Crippen LogP contribution in [-0.2, 0) is 9.53 Å². The van der Waals surface area contributed by atoms with E-state index in [2.05, 4.69) is 30.4 Å². The summed E-state index contributed by atoms with van der Waals surface area (Å²) in [6.45, 7) is 4.67. The van der Waals surface area contributed by atoms with Crippen LogP contribution >= 0.6 is 0 Å². The minimum Gasteiger partial charge on any atom is -0.449 e. The van der Waals surface area contributed by atoms with Gasteiger partial charge >= 0.3 is 6.09 Å². The smallest absolute Gasteiger partial charge is 0.407 e. The third-order valence-electron chi connectivity index (χ3n) is 3.81. The maximum absolute atomic E-state index is 11.6. The van der Waals surface area contributed by atoms with E-state index in [-0.39, 0.29) is 5.92 Å². The summed E-state index contributed by atoms with van der Waals surface area (Å²) in [5.74, 6) is 0.0595. The summed E-state index contributed by atoms with van der Waals surface area (Å²) >= 11 is 0. The highest BCUT2D eigenvalue weighted by atomic mass is 16.5. The van der Waals surface area contributed by atoms with Crippen LogP contribution in [0.5, 0.6) is 0 Å². The van der Waals surface area contributed by atoms with Crippen molar-refractivity contribution in [3.8, 4) is 0 Å². The minimum atomic E-state index is -0.483. The summed E-state index contributed by atoms with van der Waals surface area (Å²) in [6, 6.07) is 8.19. The van der Waals surface area contributed by atoms with Gasteiger partial charge in [-0.25, -0.2) is 4.79 Å². The largest absolute Gasteiger partial charge is 0.449 e. The lowest BCUT2D eigenvalue weighted by molar-refractivity contribution is -0.107. The molecule has 22 heavy (non-hydrogen) atoms. The van der Waals surface area contributed by atoms with E-state index in [0.717, 1.165) is 6.29 Å². The first-order valence-corrected chi connectivity index (χ1v) is 7.46. The Morgan fingerprint density at radius 3 is 2.86 bits per heavy atom. The van der Waals surface area contributed by atoms with Crippen molar-refractivity contribution in [2.75, 3.05) is 13.2 Å². The lowest BCUT2D eigenvalue weighted by atomic mass is 9.96. The first kappa shape index (κ1) is 16.0. The predicted octanol–water partition coefficient (Wildman–Crippen LogP) is 3.45. The SMILES string of the molecule is C/C=C\C1=C(C)c2ccccc2C1COC(=O)NCCC=O. The average molecular weight is 299 g/mol. The van der Waals surface area contributed by atoms with Gasteiger partial charge < -0.3 is 14.8 Å². The number of amides is 1. The van der Waals surface area contributed by atoms with Crippen LogP contribution in [0.25, 0.3) is 5.57 Å². The van der Waals surface area contributed by atoms with Gasteiger partial charge in [-0.2, -0.15) is 0 Å². The summed E-state index contributed by atoms with van der Waals surface area (Å²) in [5, 5.41) is 2.56. The van der Waals surface area contributed by atoms with Crippen LogP contribution in [0.2, 0.25) is 0 Å². The Morgan fingerprint density at radius 2 is 2.14 bits per heavy atom. The van der Waals surface area contributed by atoms with Gasteiger partial charge in [0, 0.05) is 18.9 Å². The Labute approximate surface area is 130 Å².